The summed E-state index contributed by atoms with van der Waals surface area (Å²) in [7, 11) is 0. The van der Waals surface area contributed by atoms with Gasteiger partial charge in [0.1, 0.15) is 18.0 Å². The Morgan fingerprint density at radius 2 is 2.14 bits per heavy atom. The van der Waals surface area contributed by atoms with E-state index in [9.17, 15) is 14.7 Å². The Morgan fingerprint density at radius 3 is 2.86 bits per heavy atom. The SMILES string of the molecule is C[C@H]1COc2c(-c3cc4n(c3)CCNC4)c(F)cc3c(=O)c(C(=O)O)cn1c23.S. The number of carbonyl (C=O) groups is 1. The van der Waals surface area contributed by atoms with Crippen molar-refractivity contribution >= 4 is 30.4 Å². The van der Waals surface area contributed by atoms with Gasteiger partial charge in [-0.25, -0.2) is 9.18 Å². The Kier molecular flexibility index (Phi) is 4.66. The molecule has 2 aliphatic rings. The van der Waals surface area contributed by atoms with Crippen LogP contribution in [0.1, 0.15) is 29.0 Å². The van der Waals surface area contributed by atoms with Gasteiger partial charge in [0.25, 0.3) is 0 Å². The third-order valence-electron chi connectivity index (χ3n) is 5.51. The molecule has 0 unspecified atom stereocenters. The van der Waals surface area contributed by atoms with Crippen molar-refractivity contribution in [2.24, 2.45) is 0 Å². The van der Waals surface area contributed by atoms with E-state index in [1.54, 1.807) is 4.57 Å². The molecule has 5 rings (SSSR count). The molecular weight excluding hydrogens is 397 g/mol. The van der Waals surface area contributed by atoms with Crippen LogP contribution < -0.4 is 15.5 Å². The van der Waals surface area contributed by atoms with Gasteiger partial charge in [0.2, 0.25) is 5.43 Å². The molecule has 2 aliphatic heterocycles. The summed E-state index contributed by atoms with van der Waals surface area (Å²) in [5.74, 6) is -1.63. The van der Waals surface area contributed by atoms with Gasteiger partial charge in [-0.05, 0) is 19.1 Å². The van der Waals surface area contributed by atoms with E-state index in [4.69, 9.17) is 4.74 Å². The molecule has 0 aliphatic carbocycles. The molecule has 1 aromatic carbocycles. The van der Waals surface area contributed by atoms with Gasteiger partial charge in [0.05, 0.1) is 22.5 Å². The van der Waals surface area contributed by atoms with Crippen molar-refractivity contribution in [1.29, 1.82) is 0 Å². The minimum Gasteiger partial charge on any atom is -0.488 e. The predicted molar refractivity (Wildman–Crippen MR) is 111 cm³/mol. The Balaban J connectivity index is 0.00000205. The fourth-order valence-electron chi connectivity index (χ4n) is 4.11. The quantitative estimate of drug-likeness (QED) is 0.669. The van der Waals surface area contributed by atoms with Gasteiger partial charge < -0.3 is 24.3 Å². The lowest BCUT2D eigenvalue weighted by Crippen LogP contribution is -2.27. The fraction of sp³-hybridized carbons (Fsp3) is 0.300. The highest BCUT2D eigenvalue weighted by atomic mass is 32.1. The first-order valence-corrected chi connectivity index (χ1v) is 9.13. The zero-order chi connectivity index (χ0) is 19.6. The molecule has 0 saturated heterocycles. The van der Waals surface area contributed by atoms with Crippen LogP contribution in [0.3, 0.4) is 0 Å². The summed E-state index contributed by atoms with van der Waals surface area (Å²) in [6, 6.07) is 2.87. The third-order valence-corrected chi connectivity index (χ3v) is 5.51. The number of nitrogens with zero attached hydrogens (tertiary/aromatic N) is 2. The number of fused-ring (bicyclic) bond motifs is 1. The van der Waals surface area contributed by atoms with Crippen LogP contribution in [-0.2, 0) is 13.1 Å². The number of hydrogen-bond donors (Lipinski definition) is 2. The smallest absolute Gasteiger partial charge is 0.341 e. The second-order valence-electron chi connectivity index (χ2n) is 7.29. The van der Waals surface area contributed by atoms with E-state index in [0.717, 1.165) is 24.8 Å². The number of ether oxygens (including phenoxy) is 1. The summed E-state index contributed by atoms with van der Waals surface area (Å²) >= 11 is 0. The zero-order valence-electron chi connectivity index (χ0n) is 15.7. The third kappa shape index (κ3) is 2.84. The molecule has 4 heterocycles. The highest BCUT2D eigenvalue weighted by molar-refractivity contribution is 7.59. The summed E-state index contributed by atoms with van der Waals surface area (Å²) in [5.41, 5.74) is 1.40. The predicted octanol–water partition coefficient (Wildman–Crippen LogP) is 2.48. The first-order valence-electron chi connectivity index (χ1n) is 9.13. The monoisotopic (exact) mass is 417 g/mol. The Bertz CT molecular complexity index is 1190. The fourth-order valence-corrected chi connectivity index (χ4v) is 4.11. The average Bonchev–Trinajstić information content (AvgIpc) is 3.09. The standard InChI is InChI=1S/C20H18FN3O4.H2S/c1-10-9-28-19-16(11-4-12-6-22-2-3-23(12)7-11)15(21)5-13-17(19)24(10)8-14(18(13)25)20(26)27;/h4-5,7-8,10,22H,2-3,6,9H2,1H3,(H,26,27);1H2/t10-;/m0./s1. The largest absolute Gasteiger partial charge is 0.488 e. The van der Waals surface area contributed by atoms with Gasteiger partial charge in [-0.3, -0.25) is 4.79 Å². The maximum Gasteiger partial charge on any atom is 0.341 e. The Hall–Kier alpha value is -2.78. The van der Waals surface area contributed by atoms with E-state index < -0.39 is 17.2 Å². The van der Waals surface area contributed by atoms with Crippen molar-refractivity contribution < 1.29 is 19.0 Å². The number of hydrogen-bond acceptors (Lipinski definition) is 4. The molecule has 152 valence electrons. The number of carboxylic acids is 1. The lowest BCUT2D eigenvalue weighted by atomic mass is 10.00. The topological polar surface area (TPSA) is 85.5 Å². The maximum atomic E-state index is 15.2. The van der Waals surface area contributed by atoms with Gasteiger partial charge in [-0.2, -0.15) is 13.5 Å². The van der Waals surface area contributed by atoms with E-state index in [2.05, 4.69) is 9.88 Å². The minimum absolute atomic E-state index is 0. The van der Waals surface area contributed by atoms with E-state index in [1.165, 1.54) is 6.20 Å². The van der Waals surface area contributed by atoms with Crippen LogP contribution in [0.2, 0.25) is 0 Å². The van der Waals surface area contributed by atoms with Crippen molar-refractivity contribution in [3.8, 4) is 16.9 Å². The highest BCUT2D eigenvalue weighted by Crippen LogP contribution is 2.42. The molecule has 29 heavy (non-hydrogen) atoms. The first kappa shape index (κ1) is 19.5. The molecule has 0 fully saturated rings. The average molecular weight is 417 g/mol. The van der Waals surface area contributed by atoms with Crippen LogP contribution in [0, 0.1) is 5.82 Å². The van der Waals surface area contributed by atoms with Crippen LogP contribution >= 0.6 is 13.5 Å². The van der Waals surface area contributed by atoms with Gasteiger partial charge in [-0.15, -0.1) is 0 Å². The van der Waals surface area contributed by atoms with Crippen molar-refractivity contribution in [3.05, 3.63) is 51.8 Å². The van der Waals surface area contributed by atoms with Crippen LogP contribution in [0.15, 0.2) is 29.3 Å². The molecule has 0 spiro atoms. The van der Waals surface area contributed by atoms with E-state index >= 15 is 4.39 Å². The van der Waals surface area contributed by atoms with Crippen LogP contribution in [0.25, 0.3) is 22.0 Å². The number of halogens is 1. The number of benzene rings is 1. The van der Waals surface area contributed by atoms with Gasteiger partial charge in [0.15, 0.2) is 5.75 Å². The van der Waals surface area contributed by atoms with Gasteiger partial charge >= 0.3 is 5.97 Å². The molecule has 2 N–H and O–H groups in total. The zero-order valence-corrected chi connectivity index (χ0v) is 16.7. The molecule has 7 nitrogen and oxygen atoms in total. The molecule has 3 aromatic rings. The van der Waals surface area contributed by atoms with E-state index in [1.807, 2.05) is 19.2 Å². The van der Waals surface area contributed by atoms with Crippen molar-refractivity contribution in [1.82, 2.24) is 14.5 Å². The molecule has 0 saturated carbocycles. The lowest BCUT2D eigenvalue weighted by molar-refractivity contribution is 0.0694. The summed E-state index contributed by atoms with van der Waals surface area (Å²) in [6.07, 6.45) is 3.23. The van der Waals surface area contributed by atoms with E-state index in [0.29, 0.717) is 23.2 Å². The highest BCUT2D eigenvalue weighted by Gasteiger charge is 2.29. The molecular formula is C20H20FN3O4S. The molecule has 0 radical (unpaired) electrons. The maximum absolute atomic E-state index is 15.2. The second kappa shape index (κ2) is 6.93. The lowest BCUT2D eigenvalue weighted by Gasteiger charge is -2.28. The van der Waals surface area contributed by atoms with Crippen LogP contribution in [0.4, 0.5) is 4.39 Å². The summed E-state index contributed by atoms with van der Waals surface area (Å²) in [5, 5.41) is 12.7. The first-order chi connectivity index (χ1) is 13.5. The van der Waals surface area contributed by atoms with E-state index in [-0.39, 0.29) is 42.8 Å². The Morgan fingerprint density at radius 1 is 1.34 bits per heavy atom. The Labute approximate surface area is 172 Å². The summed E-state index contributed by atoms with van der Waals surface area (Å²) in [6.45, 7) is 4.47. The minimum atomic E-state index is -1.33. The van der Waals surface area contributed by atoms with Gasteiger partial charge in [-0.1, -0.05) is 0 Å². The molecule has 0 bridgehead atoms. The van der Waals surface area contributed by atoms with Crippen LogP contribution in [-0.4, -0.2) is 33.4 Å². The number of nitrogens with one attached hydrogen (secondary N) is 1. The summed E-state index contributed by atoms with van der Waals surface area (Å²) < 4.78 is 24.9. The molecule has 0 amide bonds. The molecule has 1 atom stereocenters. The molecule has 9 heteroatoms. The van der Waals surface area contributed by atoms with Crippen LogP contribution in [0.5, 0.6) is 5.75 Å². The number of carboxylic acid groups (broad SMARTS) is 1. The second-order valence-corrected chi connectivity index (χ2v) is 7.29. The number of rotatable bonds is 2. The normalized spacial score (nSPS) is 17.4. The molecule has 2 aromatic heterocycles. The van der Waals surface area contributed by atoms with Gasteiger partial charge in [0, 0.05) is 43.3 Å². The number of pyridine rings is 1. The van der Waals surface area contributed by atoms with Crippen molar-refractivity contribution in [2.75, 3.05) is 13.2 Å². The number of aromatic carboxylic acids is 1. The van der Waals surface area contributed by atoms with Crippen molar-refractivity contribution in [2.45, 2.75) is 26.1 Å². The van der Waals surface area contributed by atoms with Crippen molar-refractivity contribution in [3.63, 3.8) is 0 Å². The summed E-state index contributed by atoms with van der Waals surface area (Å²) in [4.78, 5) is 24.1. The number of aromatic nitrogens is 2.